The van der Waals surface area contributed by atoms with Gasteiger partial charge in [0, 0.05) is 0 Å². The highest BCUT2D eigenvalue weighted by molar-refractivity contribution is 5.85. The maximum atomic E-state index is 12.2. The second-order valence-corrected chi connectivity index (χ2v) is 4.59. The minimum Gasteiger partial charge on any atom is -0.853 e. The topological polar surface area (TPSA) is 44.2 Å². The highest BCUT2D eigenvalue weighted by Crippen LogP contribution is 2.07. The van der Waals surface area contributed by atoms with Crippen LogP contribution < -0.4 is 9.67 Å². The van der Waals surface area contributed by atoms with E-state index >= 15 is 0 Å². The van der Waals surface area contributed by atoms with Gasteiger partial charge in [-0.1, -0.05) is 36.9 Å². The van der Waals surface area contributed by atoms with Crippen LogP contribution in [0, 0.1) is 0 Å². The van der Waals surface area contributed by atoms with Crippen LogP contribution in [-0.4, -0.2) is 10.5 Å². The average Bonchev–Trinajstić information content (AvgIpc) is 2.86. The summed E-state index contributed by atoms with van der Waals surface area (Å²) in [6.07, 6.45) is 5.55. The largest absolute Gasteiger partial charge is 0.853 e. The molecule has 0 aliphatic carbocycles. The van der Waals surface area contributed by atoms with E-state index in [1.165, 1.54) is 0 Å². The van der Waals surface area contributed by atoms with Crippen LogP contribution in [0.15, 0.2) is 48.2 Å². The third-order valence-corrected chi connectivity index (χ3v) is 3.23. The van der Waals surface area contributed by atoms with Gasteiger partial charge in [-0.05, 0) is 18.1 Å². The predicted octanol–water partition coefficient (Wildman–Crippen LogP) is 1.28. The van der Waals surface area contributed by atoms with E-state index < -0.39 is 0 Å². The first-order chi connectivity index (χ1) is 9.65. The van der Waals surface area contributed by atoms with Crippen molar-refractivity contribution in [3.05, 3.63) is 60.2 Å². The van der Waals surface area contributed by atoms with Crippen LogP contribution in [0.5, 0.6) is 0 Å². The third-order valence-electron chi connectivity index (χ3n) is 3.23. The monoisotopic (exact) mass is 269 g/mol. The van der Waals surface area contributed by atoms with Gasteiger partial charge in [0.2, 0.25) is 0 Å². The van der Waals surface area contributed by atoms with E-state index in [2.05, 4.69) is 11.6 Å². The second kappa shape index (κ2) is 6.19. The van der Waals surface area contributed by atoms with Crippen LogP contribution in [0.3, 0.4) is 0 Å². The zero-order valence-electron chi connectivity index (χ0n) is 11.9. The lowest BCUT2D eigenvalue weighted by Gasteiger charge is -2.08. The molecule has 0 fully saturated rings. The molecule has 1 heterocycles. The molecule has 2 rings (SSSR count). The van der Waals surface area contributed by atoms with Gasteiger partial charge in [0.1, 0.15) is 12.4 Å². The molecule has 1 aromatic carbocycles. The van der Waals surface area contributed by atoms with Crippen LogP contribution in [0.2, 0.25) is 0 Å². The van der Waals surface area contributed by atoms with Crippen molar-refractivity contribution in [2.75, 3.05) is 0 Å². The Morgan fingerprint density at radius 1 is 1.40 bits per heavy atom. The maximum absolute atomic E-state index is 12.2. The molecular weight excluding hydrogens is 250 g/mol. The first-order valence-corrected chi connectivity index (χ1v) is 6.63. The van der Waals surface area contributed by atoms with Gasteiger partial charge in [0.15, 0.2) is 0 Å². The molecule has 2 aromatic rings. The van der Waals surface area contributed by atoms with Crippen LogP contribution in [0.1, 0.15) is 23.9 Å². The third kappa shape index (κ3) is 2.96. The number of rotatable bonds is 5. The molecule has 0 spiro atoms. The second-order valence-electron chi connectivity index (χ2n) is 4.59. The van der Waals surface area contributed by atoms with Crippen molar-refractivity contribution in [1.29, 1.82) is 0 Å². The SMILES string of the molecule is C=Cc1ccc(C/N=C(\[O-])c2n(CC)cc[n+]2C)cc1. The van der Waals surface area contributed by atoms with Gasteiger partial charge in [-0.2, -0.15) is 0 Å². The highest BCUT2D eigenvalue weighted by atomic mass is 16.3. The molecule has 1 aromatic heterocycles. The van der Waals surface area contributed by atoms with E-state index in [1.807, 2.05) is 55.2 Å². The van der Waals surface area contributed by atoms with Gasteiger partial charge in [0.25, 0.3) is 5.82 Å². The van der Waals surface area contributed by atoms with Gasteiger partial charge in [-0.3, -0.25) is 4.99 Å². The fourth-order valence-corrected chi connectivity index (χ4v) is 2.05. The van der Waals surface area contributed by atoms with Crippen LogP contribution in [-0.2, 0) is 20.1 Å². The molecule has 4 heteroatoms. The number of nitrogens with zero attached hydrogens (tertiary/aromatic N) is 3. The Bertz CT molecular complexity index is 624. The van der Waals surface area contributed by atoms with E-state index in [0.29, 0.717) is 12.4 Å². The summed E-state index contributed by atoms with van der Waals surface area (Å²) in [4.78, 5) is 4.16. The Morgan fingerprint density at radius 3 is 2.70 bits per heavy atom. The van der Waals surface area contributed by atoms with Crippen LogP contribution in [0.25, 0.3) is 6.08 Å². The van der Waals surface area contributed by atoms with Gasteiger partial charge in [-0.25, -0.2) is 9.13 Å². The van der Waals surface area contributed by atoms with Crippen molar-refractivity contribution in [3.63, 3.8) is 0 Å². The zero-order valence-corrected chi connectivity index (χ0v) is 11.9. The summed E-state index contributed by atoms with van der Waals surface area (Å²) in [6.45, 7) is 6.87. The molecular formula is C16H19N3O. The molecule has 0 radical (unpaired) electrons. The molecule has 0 aliphatic rings. The quantitative estimate of drug-likeness (QED) is 0.458. The van der Waals surface area contributed by atoms with E-state index in [4.69, 9.17) is 0 Å². The summed E-state index contributed by atoms with van der Waals surface area (Å²) >= 11 is 0. The number of imidazole rings is 1. The molecule has 0 saturated heterocycles. The smallest absolute Gasteiger partial charge is 0.291 e. The van der Waals surface area contributed by atoms with Gasteiger partial charge in [0.05, 0.1) is 26.0 Å². The Balaban J connectivity index is 2.17. The maximum Gasteiger partial charge on any atom is 0.291 e. The number of benzene rings is 1. The van der Waals surface area contributed by atoms with E-state index in [-0.39, 0.29) is 5.90 Å². The van der Waals surface area contributed by atoms with Crippen molar-refractivity contribution in [2.45, 2.75) is 20.0 Å². The normalized spacial score (nSPS) is 11.6. The number of aryl methyl sites for hydroxylation is 2. The Labute approximate surface area is 119 Å². The van der Waals surface area contributed by atoms with Crippen molar-refractivity contribution in [3.8, 4) is 0 Å². The fourth-order valence-electron chi connectivity index (χ4n) is 2.05. The summed E-state index contributed by atoms with van der Waals surface area (Å²) in [5.41, 5.74) is 2.08. The standard InChI is InChI=1S/C16H19N3O/c1-4-13-6-8-14(9-7-13)12-17-15(20)16-18(3)10-11-19(16)5-2/h4,6-11H,1,5,12H2,2-3H3. The van der Waals surface area contributed by atoms with Crippen molar-refractivity contribution >= 4 is 12.0 Å². The molecule has 0 atom stereocenters. The molecule has 104 valence electrons. The lowest BCUT2D eigenvalue weighted by molar-refractivity contribution is -0.674. The first-order valence-electron chi connectivity index (χ1n) is 6.63. The Morgan fingerprint density at radius 2 is 2.10 bits per heavy atom. The minimum atomic E-state index is -0.188. The first kappa shape index (κ1) is 14.1. The van der Waals surface area contributed by atoms with E-state index in [0.717, 1.165) is 17.7 Å². The molecule has 0 aliphatic heterocycles. The molecule has 20 heavy (non-hydrogen) atoms. The van der Waals surface area contributed by atoms with Gasteiger partial charge in [-0.15, -0.1) is 0 Å². The number of hydrogen-bond acceptors (Lipinski definition) is 2. The zero-order chi connectivity index (χ0) is 14.5. The lowest BCUT2D eigenvalue weighted by Crippen LogP contribution is -2.40. The van der Waals surface area contributed by atoms with Crippen molar-refractivity contribution in [2.24, 2.45) is 12.0 Å². The van der Waals surface area contributed by atoms with E-state index in [1.54, 1.807) is 10.6 Å². The summed E-state index contributed by atoms with van der Waals surface area (Å²) in [6, 6.07) is 7.87. The van der Waals surface area contributed by atoms with Crippen molar-refractivity contribution < 1.29 is 9.67 Å². The predicted molar refractivity (Wildman–Crippen MR) is 78.1 cm³/mol. The number of aromatic nitrogens is 2. The minimum absolute atomic E-state index is 0.188. The molecule has 0 unspecified atom stereocenters. The summed E-state index contributed by atoms with van der Waals surface area (Å²) < 4.78 is 3.70. The van der Waals surface area contributed by atoms with Gasteiger partial charge < -0.3 is 5.11 Å². The van der Waals surface area contributed by atoms with Crippen molar-refractivity contribution in [1.82, 2.24) is 4.57 Å². The molecule has 0 amide bonds. The number of aliphatic imine (C=N–C) groups is 1. The molecule has 0 N–H and O–H groups in total. The summed E-state index contributed by atoms with van der Waals surface area (Å²) in [7, 11) is 1.85. The molecule has 4 nitrogen and oxygen atoms in total. The van der Waals surface area contributed by atoms with Gasteiger partial charge >= 0.3 is 0 Å². The fraction of sp³-hybridized carbons (Fsp3) is 0.250. The van der Waals surface area contributed by atoms with Crippen LogP contribution in [0.4, 0.5) is 0 Å². The molecule has 0 bridgehead atoms. The highest BCUT2D eigenvalue weighted by Gasteiger charge is 2.12. The Hall–Kier alpha value is -2.36. The summed E-state index contributed by atoms with van der Waals surface area (Å²) in [5, 5.41) is 12.2. The number of hydrogen-bond donors (Lipinski definition) is 0. The van der Waals surface area contributed by atoms with E-state index in [9.17, 15) is 5.11 Å². The van der Waals surface area contributed by atoms with Crippen LogP contribution >= 0.6 is 0 Å². The average molecular weight is 269 g/mol. The summed E-state index contributed by atoms with van der Waals surface area (Å²) in [5.74, 6) is 0.419. The Kier molecular flexibility index (Phi) is 4.35. The molecule has 0 saturated carbocycles. The lowest BCUT2D eigenvalue weighted by atomic mass is 10.1.